The minimum absolute atomic E-state index is 0. The quantitative estimate of drug-likeness (QED) is 0.317. The molecule has 0 unspecified atom stereocenters. The molecule has 0 heterocycles. The van der Waals surface area contributed by atoms with E-state index >= 15 is 0 Å². The summed E-state index contributed by atoms with van der Waals surface area (Å²) in [7, 11) is 0. The molecule has 0 radical (unpaired) electrons. The van der Waals surface area contributed by atoms with Crippen molar-refractivity contribution in [1.82, 2.24) is 0 Å². The molecule has 0 spiro atoms. The van der Waals surface area contributed by atoms with Gasteiger partial charge in [0.25, 0.3) is 0 Å². The number of rotatable bonds is 2. The van der Waals surface area contributed by atoms with Crippen LogP contribution in [0.3, 0.4) is 0 Å². The Morgan fingerprint density at radius 3 is 1.43 bits per heavy atom. The zero-order valence-corrected chi connectivity index (χ0v) is 6.33. The van der Waals surface area contributed by atoms with Crippen molar-refractivity contribution < 1.29 is 44.9 Å². The van der Waals surface area contributed by atoms with Crippen LogP contribution >= 0.6 is 0 Å². The van der Waals surface area contributed by atoms with Gasteiger partial charge in [0, 0.05) is 0 Å². The fourth-order valence-corrected chi connectivity index (χ4v) is 0.0577. The Morgan fingerprint density at radius 1 is 1.14 bits per heavy atom. The third kappa shape index (κ3) is 6.88. The normalized spacial score (nSPS) is 8.57. The van der Waals surface area contributed by atoms with E-state index < -0.39 is 6.10 Å². The molecule has 0 aromatic rings. The van der Waals surface area contributed by atoms with Gasteiger partial charge in [0.05, 0.1) is 13.2 Å². The Kier molecular flexibility index (Phi) is 10.6. The van der Waals surface area contributed by atoms with Gasteiger partial charge in [-0.3, -0.25) is 0 Å². The Labute approximate surface area is 64.3 Å². The first kappa shape index (κ1) is 10.8. The maximum atomic E-state index is 8.17. The molecular formula is C3H8NaO3+. The molecule has 0 aromatic carbocycles. The summed E-state index contributed by atoms with van der Waals surface area (Å²) in [6, 6.07) is 0. The maximum absolute atomic E-state index is 8.17. The van der Waals surface area contributed by atoms with Crippen molar-refractivity contribution in [2.75, 3.05) is 13.2 Å². The Hall–Kier alpha value is 0.880. The van der Waals surface area contributed by atoms with Gasteiger partial charge in [-0.2, -0.15) is 0 Å². The SMILES string of the molecule is OCC(O)CO.[Na+]. The van der Waals surface area contributed by atoms with Crippen LogP contribution in [0.4, 0.5) is 0 Å². The Bertz CT molecular complexity index is 29.4. The molecule has 0 saturated carbocycles. The van der Waals surface area contributed by atoms with Crippen LogP contribution in [0, 0.1) is 0 Å². The van der Waals surface area contributed by atoms with E-state index in [1.165, 1.54) is 0 Å². The van der Waals surface area contributed by atoms with Gasteiger partial charge in [0.2, 0.25) is 0 Å². The predicted molar refractivity (Wildman–Crippen MR) is 20.2 cm³/mol. The van der Waals surface area contributed by atoms with Crippen LogP contribution in [0.2, 0.25) is 0 Å². The summed E-state index contributed by atoms with van der Waals surface area (Å²) in [5.74, 6) is 0. The molecule has 0 bridgehead atoms. The first-order valence-electron chi connectivity index (χ1n) is 1.71. The molecule has 0 aliphatic carbocycles. The zero-order valence-electron chi connectivity index (χ0n) is 4.33. The van der Waals surface area contributed by atoms with Crippen molar-refractivity contribution in [3.8, 4) is 0 Å². The van der Waals surface area contributed by atoms with Crippen molar-refractivity contribution >= 4 is 0 Å². The number of aliphatic hydroxyl groups excluding tert-OH is 3. The first-order valence-corrected chi connectivity index (χ1v) is 1.71. The van der Waals surface area contributed by atoms with Gasteiger partial charge in [0.15, 0.2) is 0 Å². The molecule has 4 heteroatoms. The van der Waals surface area contributed by atoms with Crippen molar-refractivity contribution in [3.63, 3.8) is 0 Å². The first-order chi connectivity index (χ1) is 2.81. The van der Waals surface area contributed by atoms with Gasteiger partial charge < -0.3 is 15.3 Å². The average molecular weight is 115 g/mol. The van der Waals surface area contributed by atoms with Gasteiger partial charge in [-0.05, 0) is 0 Å². The third-order valence-electron chi connectivity index (χ3n) is 0.421. The second kappa shape index (κ2) is 6.88. The Balaban J connectivity index is 0. The van der Waals surface area contributed by atoms with E-state index in [2.05, 4.69) is 0 Å². The van der Waals surface area contributed by atoms with Crippen LogP contribution in [0.5, 0.6) is 0 Å². The molecule has 7 heavy (non-hydrogen) atoms. The van der Waals surface area contributed by atoms with Gasteiger partial charge in [-0.25, -0.2) is 0 Å². The van der Waals surface area contributed by atoms with Gasteiger partial charge >= 0.3 is 29.6 Å². The topological polar surface area (TPSA) is 60.7 Å². The fourth-order valence-electron chi connectivity index (χ4n) is 0.0577. The molecule has 3 nitrogen and oxygen atoms in total. The molecule has 0 fully saturated rings. The predicted octanol–water partition coefficient (Wildman–Crippen LogP) is -4.66. The van der Waals surface area contributed by atoms with Gasteiger partial charge in [-0.1, -0.05) is 0 Å². The molecule has 3 N–H and O–H groups in total. The molecular weight excluding hydrogens is 107 g/mol. The number of hydrogen-bond donors (Lipinski definition) is 3. The van der Waals surface area contributed by atoms with Crippen LogP contribution in [0.25, 0.3) is 0 Å². The summed E-state index contributed by atoms with van der Waals surface area (Å²) in [6.07, 6.45) is -0.954. The third-order valence-corrected chi connectivity index (χ3v) is 0.421. The largest absolute Gasteiger partial charge is 1.00 e. The van der Waals surface area contributed by atoms with Crippen molar-refractivity contribution in [2.45, 2.75) is 6.10 Å². The van der Waals surface area contributed by atoms with E-state index in [9.17, 15) is 0 Å². The van der Waals surface area contributed by atoms with Crippen LogP contribution in [0.1, 0.15) is 0 Å². The zero-order chi connectivity index (χ0) is 4.99. The number of aliphatic hydroxyl groups is 3. The fraction of sp³-hybridized carbons (Fsp3) is 1.00. The van der Waals surface area contributed by atoms with Gasteiger partial charge in [0.1, 0.15) is 6.10 Å². The van der Waals surface area contributed by atoms with Crippen LogP contribution in [-0.4, -0.2) is 34.6 Å². The van der Waals surface area contributed by atoms with Crippen LogP contribution < -0.4 is 29.6 Å². The minimum atomic E-state index is -0.954. The van der Waals surface area contributed by atoms with Gasteiger partial charge in [-0.15, -0.1) is 0 Å². The van der Waals surface area contributed by atoms with Crippen molar-refractivity contribution in [1.29, 1.82) is 0 Å². The minimum Gasteiger partial charge on any atom is -0.394 e. The molecule has 38 valence electrons. The summed E-state index contributed by atoms with van der Waals surface area (Å²) in [6.45, 7) is -0.729. The van der Waals surface area contributed by atoms with Crippen molar-refractivity contribution in [3.05, 3.63) is 0 Å². The molecule has 0 rings (SSSR count). The van der Waals surface area contributed by atoms with Crippen LogP contribution in [0.15, 0.2) is 0 Å². The summed E-state index contributed by atoms with van der Waals surface area (Å²) in [4.78, 5) is 0. The molecule has 0 aromatic heterocycles. The van der Waals surface area contributed by atoms with Crippen molar-refractivity contribution in [2.24, 2.45) is 0 Å². The summed E-state index contributed by atoms with van der Waals surface area (Å²) >= 11 is 0. The van der Waals surface area contributed by atoms with E-state index in [0.717, 1.165) is 0 Å². The monoisotopic (exact) mass is 115 g/mol. The average Bonchev–Trinajstić information content (AvgIpc) is 1.65. The number of hydrogen-bond acceptors (Lipinski definition) is 3. The maximum Gasteiger partial charge on any atom is 1.00 e. The summed E-state index contributed by atoms with van der Waals surface area (Å²) in [5, 5.41) is 24.0. The second-order valence-electron chi connectivity index (χ2n) is 1.02. The molecule has 0 atom stereocenters. The smallest absolute Gasteiger partial charge is 0.394 e. The standard InChI is InChI=1S/C3H8O3.Na/c4-1-3(6)2-5;/h3-6H,1-2H2;/q;+1. The van der Waals surface area contributed by atoms with E-state index in [4.69, 9.17) is 15.3 Å². The molecule has 0 aliphatic rings. The summed E-state index contributed by atoms with van der Waals surface area (Å²) in [5.41, 5.74) is 0. The van der Waals surface area contributed by atoms with E-state index in [1.54, 1.807) is 0 Å². The molecule has 0 aliphatic heterocycles. The second-order valence-corrected chi connectivity index (χ2v) is 1.02. The summed E-state index contributed by atoms with van der Waals surface area (Å²) < 4.78 is 0. The molecule has 0 amide bonds. The molecule has 0 saturated heterocycles. The van der Waals surface area contributed by atoms with E-state index in [-0.39, 0.29) is 42.8 Å². The van der Waals surface area contributed by atoms with Crippen LogP contribution in [-0.2, 0) is 0 Å². The Morgan fingerprint density at radius 2 is 1.43 bits per heavy atom. The van der Waals surface area contributed by atoms with E-state index in [1.807, 2.05) is 0 Å². The van der Waals surface area contributed by atoms with E-state index in [0.29, 0.717) is 0 Å².